The van der Waals surface area contributed by atoms with Gasteiger partial charge >= 0.3 is 0 Å². The third-order valence-corrected chi connectivity index (χ3v) is 5.23. The van der Waals surface area contributed by atoms with Crippen LogP contribution in [0.2, 0.25) is 0 Å². The van der Waals surface area contributed by atoms with Crippen LogP contribution in [0.3, 0.4) is 0 Å². The molecule has 2 aromatic heterocycles. The van der Waals surface area contributed by atoms with Gasteiger partial charge in [-0.05, 0) is 39.0 Å². The number of aliphatic hydroxyl groups is 1. The second-order valence-electron chi connectivity index (χ2n) is 7.90. The molecule has 2 aromatic rings. The Morgan fingerprint density at radius 1 is 1.23 bits per heavy atom. The Labute approximate surface area is 201 Å². The number of furan rings is 2. The molecule has 1 atom stereocenters. The molecule has 3 heterocycles. The Morgan fingerprint density at radius 3 is 2.61 bits per heavy atom. The molecule has 174 valence electrons. The maximum atomic E-state index is 11.0. The number of nitrogens with one attached hydrogen (secondary N) is 2. The molecule has 8 nitrogen and oxygen atoms in total. The van der Waals surface area contributed by atoms with Crippen molar-refractivity contribution in [3.05, 3.63) is 47.3 Å². The zero-order valence-electron chi connectivity index (χ0n) is 18.6. The van der Waals surface area contributed by atoms with Crippen molar-refractivity contribution in [2.75, 3.05) is 52.5 Å². The average molecular weight is 546 g/mol. The zero-order valence-corrected chi connectivity index (χ0v) is 21.0. The lowest BCUT2D eigenvalue weighted by atomic mass is 9.96. The predicted molar refractivity (Wildman–Crippen MR) is 131 cm³/mol. The van der Waals surface area contributed by atoms with Crippen LogP contribution in [-0.4, -0.2) is 68.4 Å². The van der Waals surface area contributed by atoms with Crippen LogP contribution in [0.25, 0.3) is 0 Å². The molecule has 1 saturated heterocycles. The first kappa shape index (κ1) is 25.7. The van der Waals surface area contributed by atoms with Gasteiger partial charge in [-0.1, -0.05) is 0 Å². The highest BCUT2D eigenvalue weighted by atomic mass is 127. The van der Waals surface area contributed by atoms with Crippen LogP contribution in [0, 0.1) is 13.8 Å². The molecule has 0 aliphatic carbocycles. The summed E-state index contributed by atoms with van der Waals surface area (Å²) >= 11 is 0. The molecule has 1 aliphatic rings. The van der Waals surface area contributed by atoms with Crippen molar-refractivity contribution >= 4 is 29.9 Å². The average Bonchev–Trinajstić information content (AvgIpc) is 3.36. The largest absolute Gasteiger partial charge is 0.469 e. The SMILES string of the molecule is Cc1cc(C(C)(O)CN=C(NCCc2ccco2)NCCN2CCOCC2)c(C)o1.I. The molecule has 1 unspecified atom stereocenters. The summed E-state index contributed by atoms with van der Waals surface area (Å²) < 4.78 is 16.4. The minimum Gasteiger partial charge on any atom is -0.469 e. The summed E-state index contributed by atoms with van der Waals surface area (Å²) in [5.41, 5.74) is -0.339. The zero-order chi connectivity index (χ0) is 21.4. The molecule has 0 saturated carbocycles. The van der Waals surface area contributed by atoms with E-state index >= 15 is 0 Å². The number of hydrogen-bond donors (Lipinski definition) is 3. The lowest BCUT2D eigenvalue weighted by molar-refractivity contribution is 0.0389. The number of aryl methyl sites for hydroxylation is 2. The number of hydrogen-bond acceptors (Lipinski definition) is 6. The molecule has 1 aliphatic heterocycles. The Morgan fingerprint density at radius 2 is 1.97 bits per heavy atom. The molecule has 31 heavy (non-hydrogen) atoms. The van der Waals surface area contributed by atoms with E-state index < -0.39 is 5.60 Å². The van der Waals surface area contributed by atoms with Gasteiger partial charge in [0.05, 0.1) is 26.0 Å². The minimum absolute atomic E-state index is 0. The van der Waals surface area contributed by atoms with E-state index in [1.54, 1.807) is 13.2 Å². The van der Waals surface area contributed by atoms with Crippen molar-refractivity contribution in [1.29, 1.82) is 0 Å². The molecule has 0 radical (unpaired) electrons. The van der Waals surface area contributed by atoms with E-state index in [1.807, 2.05) is 32.0 Å². The number of guanidine groups is 1. The predicted octanol–water partition coefficient (Wildman–Crippen LogP) is 2.43. The van der Waals surface area contributed by atoms with Crippen molar-refractivity contribution in [3.8, 4) is 0 Å². The van der Waals surface area contributed by atoms with Crippen LogP contribution in [-0.2, 0) is 16.8 Å². The van der Waals surface area contributed by atoms with Gasteiger partial charge in [-0.25, -0.2) is 4.99 Å². The van der Waals surface area contributed by atoms with E-state index in [9.17, 15) is 5.11 Å². The van der Waals surface area contributed by atoms with E-state index in [2.05, 4.69) is 20.5 Å². The number of nitrogens with zero attached hydrogens (tertiary/aromatic N) is 2. The first-order valence-electron chi connectivity index (χ1n) is 10.6. The van der Waals surface area contributed by atoms with Crippen molar-refractivity contribution in [1.82, 2.24) is 15.5 Å². The summed E-state index contributed by atoms with van der Waals surface area (Å²) in [5, 5.41) is 17.7. The summed E-state index contributed by atoms with van der Waals surface area (Å²) in [5.74, 6) is 3.10. The third kappa shape index (κ3) is 8.13. The van der Waals surface area contributed by atoms with Gasteiger partial charge in [-0.3, -0.25) is 4.90 Å². The smallest absolute Gasteiger partial charge is 0.191 e. The fraction of sp³-hybridized carbons (Fsp3) is 0.591. The summed E-state index contributed by atoms with van der Waals surface area (Å²) in [7, 11) is 0. The highest BCUT2D eigenvalue weighted by Gasteiger charge is 2.27. The summed E-state index contributed by atoms with van der Waals surface area (Å²) in [4.78, 5) is 7.02. The van der Waals surface area contributed by atoms with Crippen LogP contribution < -0.4 is 10.6 Å². The molecule has 1 fully saturated rings. The maximum Gasteiger partial charge on any atom is 0.191 e. The van der Waals surface area contributed by atoms with Gasteiger partial charge in [0.25, 0.3) is 0 Å². The molecule has 3 rings (SSSR count). The lowest BCUT2D eigenvalue weighted by Gasteiger charge is -2.27. The van der Waals surface area contributed by atoms with Gasteiger partial charge < -0.3 is 29.3 Å². The van der Waals surface area contributed by atoms with E-state index in [0.717, 1.165) is 68.7 Å². The lowest BCUT2D eigenvalue weighted by Crippen LogP contribution is -2.45. The van der Waals surface area contributed by atoms with Gasteiger partial charge in [-0.2, -0.15) is 0 Å². The fourth-order valence-corrected chi connectivity index (χ4v) is 3.57. The van der Waals surface area contributed by atoms with Gasteiger partial charge in [0.15, 0.2) is 5.96 Å². The topological polar surface area (TPSA) is 95.4 Å². The van der Waals surface area contributed by atoms with Gasteiger partial charge in [0.1, 0.15) is 22.9 Å². The number of halogens is 1. The molecule has 0 amide bonds. The van der Waals surface area contributed by atoms with Crippen molar-refractivity contribution in [3.63, 3.8) is 0 Å². The normalized spacial score (nSPS) is 17.1. The molecule has 3 N–H and O–H groups in total. The first-order chi connectivity index (χ1) is 14.4. The molecular formula is C22H35IN4O4. The van der Waals surface area contributed by atoms with E-state index in [-0.39, 0.29) is 30.5 Å². The Hall–Kier alpha value is -1.56. The summed E-state index contributed by atoms with van der Waals surface area (Å²) in [6.07, 6.45) is 2.44. The second kappa shape index (κ2) is 12.5. The van der Waals surface area contributed by atoms with Crippen LogP contribution in [0.4, 0.5) is 0 Å². The Kier molecular flexibility index (Phi) is 10.3. The first-order valence-corrected chi connectivity index (χ1v) is 10.6. The van der Waals surface area contributed by atoms with Crippen molar-refractivity contribution in [2.45, 2.75) is 32.8 Å². The standard InChI is InChI=1S/C22H34N4O4.HI/c1-17-15-20(18(2)30-17)22(3,27)16-25-21(23-7-6-19-5-4-12-29-19)24-8-9-26-10-13-28-14-11-26;/h4-5,12,15,27H,6-11,13-14,16H2,1-3H3,(H2,23,24,25);1H. The third-order valence-electron chi connectivity index (χ3n) is 5.23. The van der Waals surface area contributed by atoms with Gasteiger partial charge in [0.2, 0.25) is 0 Å². The van der Waals surface area contributed by atoms with Crippen LogP contribution >= 0.6 is 24.0 Å². The number of morpholine rings is 1. The van der Waals surface area contributed by atoms with Gasteiger partial charge in [0, 0.05) is 44.7 Å². The van der Waals surface area contributed by atoms with Crippen molar-refractivity contribution < 1.29 is 18.7 Å². The minimum atomic E-state index is -1.11. The monoisotopic (exact) mass is 546 g/mol. The van der Waals surface area contributed by atoms with E-state index in [1.165, 1.54) is 0 Å². The molecule has 0 bridgehead atoms. The molecule has 9 heteroatoms. The van der Waals surface area contributed by atoms with E-state index in [4.69, 9.17) is 13.6 Å². The Balaban J connectivity index is 0.00000341. The van der Waals surface area contributed by atoms with Crippen LogP contribution in [0.5, 0.6) is 0 Å². The second-order valence-corrected chi connectivity index (χ2v) is 7.90. The van der Waals surface area contributed by atoms with E-state index in [0.29, 0.717) is 12.5 Å². The highest BCUT2D eigenvalue weighted by molar-refractivity contribution is 14.0. The summed E-state index contributed by atoms with van der Waals surface area (Å²) in [6.45, 7) is 11.6. The number of rotatable bonds is 9. The Bertz CT molecular complexity index is 799. The fourth-order valence-electron chi connectivity index (χ4n) is 3.57. The molecular weight excluding hydrogens is 511 g/mol. The van der Waals surface area contributed by atoms with Crippen LogP contribution in [0.15, 0.2) is 38.3 Å². The highest BCUT2D eigenvalue weighted by Crippen LogP contribution is 2.27. The maximum absolute atomic E-state index is 11.0. The summed E-state index contributed by atoms with van der Waals surface area (Å²) in [6, 6.07) is 5.72. The number of ether oxygens (including phenoxy) is 1. The molecule has 0 aromatic carbocycles. The van der Waals surface area contributed by atoms with Gasteiger partial charge in [-0.15, -0.1) is 24.0 Å². The van der Waals surface area contributed by atoms with Crippen LogP contribution in [0.1, 0.15) is 29.8 Å². The molecule has 0 spiro atoms. The quantitative estimate of drug-likeness (QED) is 0.253. The number of aliphatic imine (C=N–C) groups is 1. The van der Waals surface area contributed by atoms with Crippen molar-refractivity contribution in [2.24, 2.45) is 4.99 Å².